The fraction of sp³-hybridized carbons (Fsp3) is 0.929. The van der Waals surface area contributed by atoms with Gasteiger partial charge in [-0.05, 0) is 44.9 Å². The molecular weight excluding hydrogens is 600 g/mol. The number of hydrogen-bond donors (Lipinski definition) is 0. The molecule has 0 spiro atoms. The van der Waals surface area contributed by atoms with Gasteiger partial charge in [-0.2, -0.15) is 0 Å². The second kappa shape index (κ2) is 38.2. The van der Waals surface area contributed by atoms with Crippen LogP contribution in [0.5, 0.6) is 0 Å². The second-order valence-corrected chi connectivity index (χ2v) is 13.8. The summed E-state index contributed by atoms with van der Waals surface area (Å²) in [5, 5.41) is 0. The van der Waals surface area contributed by atoms with Gasteiger partial charge >= 0.3 is 17.9 Å². The average Bonchev–Trinajstić information content (AvgIpc) is 3.09. The van der Waals surface area contributed by atoms with Crippen LogP contribution < -0.4 is 0 Å². The van der Waals surface area contributed by atoms with Gasteiger partial charge in [0.1, 0.15) is 13.2 Å². The minimum atomic E-state index is -0.162. The van der Waals surface area contributed by atoms with Crippen LogP contribution >= 0.6 is 0 Å². The minimum absolute atomic E-state index is 0.0244. The van der Waals surface area contributed by atoms with E-state index in [0.29, 0.717) is 6.61 Å². The van der Waals surface area contributed by atoms with E-state index in [1.54, 1.807) is 0 Å². The molecule has 0 fully saturated rings. The molecule has 3 unspecified atom stereocenters. The molecule has 286 valence electrons. The Labute approximate surface area is 299 Å². The van der Waals surface area contributed by atoms with Crippen molar-refractivity contribution < 1.29 is 28.6 Å². The summed E-state index contributed by atoms with van der Waals surface area (Å²) < 4.78 is 15.9. The number of unbranched alkanes of at least 4 members (excludes halogenated alkanes) is 16. The molecule has 48 heavy (non-hydrogen) atoms. The van der Waals surface area contributed by atoms with Crippen molar-refractivity contribution in [1.82, 2.24) is 0 Å². The number of carbonyl (C=O) groups excluding carboxylic acids is 3. The topological polar surface area (TPSA) is 78.9 Å². The highest BCUT2D eigenvalue weighted by atomic mass is 16.6. The van der Waals surface area contributed by atoms with Crippen LogP contribution in [-0.2, 0) is 28.6 Å². The van der Waals surface area contributed by atoms with Crippen molar-refractivity contribution in [2.75, 3.05) is 19.8 Å². The van der Waals surface area contributed by atoms with Crippen molar-refractivity contribution >= 4 is 17.9 Å². The molecule has 3 atom stereocenters. The van der Waals surface area contributed by atoms with Gasteiger partial charge in [-0.1, -0.05) is 170 Å². The van der Waals surface area contributed by atoms with Gasteiger partial charge in [0.05, 0.1) is 24.4 Å². The Kier molecular flexibility index (Phi) is 38.6. The molecule has 0 aromatic heterocycles. The third kappa shape index (κ3) is 30.5. The summed E-state index contributed by atoms with van der Waals surface area (Å²) in [5.41, 5.74) is 0. The van der Waals surface area contributed by atoms with E-state index in [9.17, 15) is 14.4 Å². The molecule has 0 heterocycles. The summed E-state index contributed by atoms with van der Waals surface area (Å²) in [4.78, 5) is 35.8. The first-order valence-corrected chi connectivity index (χ1v) is 20.9. The summed E-state index contributed by atoms with van der Waals surface area (Å²) in [7, 11) is 0. The normalized spacial score (nSPS) is 12.8. The lowest BCUT2D eigenvalue weighted by molar-refractivity contribution is -0.157. The minimum Gasteiger partial charge on any atom is -0.465 e. The summed E-state index contributed by atoms with van der Waals surface area (Å²) in [6, 6.07) is 0. The lowest BCUT2D eigenvalue weighted by atomic mass is 10.00. The molecule has 0 amide bonds. The van der Waals surface area contributed by atoms with Gasteiger partial charge in [0.15, 0.2) is 0 Å². The van der Waals surface area contributed by atoms with Gasteiger partial charge in [0, 0.05) is 0 Å². The highest BCUT2D eigenvalue weighted by Gasteiger charge is 2.20. The van der Waals surface area contributed by atoms with E-state index in [1.165, 1.54) is 83.5 Å². The maximum atomic E-state index is 12.0. The first kappa shape index (κ1) is 48.5. The fourth-order valence-electron chi connectivity index (χ4n) is 5.92. The molecule has 0 aliphatic heterocycles. The van der Waals surface area contributed by atoms with Crippen LogP contribution in [0, 0.1) is 17.8 Å². The molecule has 0 aliphatic carbocycles. The molecule has 0 saturated carbocycles. The van der Waals surface area contributed by atoms with E-state index in [-0.39, 0.29) is 48.9 Å². The Morgan fingerprint density at radius 1 is 0.333 bits per heavy atom. The first-order chi connectivity index (χ1) is 23.4. The SMILES string of the molecule is CCCCC(CC)C(=O)OCCOC(=O)C(CC)CCCC.CCCCCCCCCCCCCCCCOC(=O)C(CC)CCCC. The molecule has 0 saturated heterocycles. The lowest BCUT2D eigenvalue weighted by Gasteiger charge is -2.15. The van der Waals surface area contributed by atoms with Crippen LogP contribution in [0.1, 0.15) is 215 Å². The molecule has 0 aromatic carbocycles. The van der Waals surface area contributed by atoms with Gasteiger partial charge in [-0.15, -0.1) is 0 Å². The van der Waals surface area contributed by atoms with Crippen LogP contribution in [0.15, 0.2) is 0 Å². The molecule has 0 aliphatic rings. The molecule has 0 rings (SSSR count). The molecular formula is C42H82O6. The first-order valence-electron chi connectivity index (χ1n) is 20.9. The lowest BCUT2D eigenvalue weighted by Crippen LogP contribution is -2.22. The van der Waals surface area contributed by atoms with Crippen molar-refractivity contribution in [1.29, 1.82) is 0 Å². The number of esters is 3. The molecule has 6 nitrogen and oxygen atoms in total. The van der Waals surface area contributed by atoms with E-state index in [1.807, 2.05) is 13.8 Å². The van der Waals surface area contributed by atoms with Crippen molar-refractivity contribution in [2.24, 2.45) is 17.8 Å². The standard InChI is InChI=1S/C24H48O2.C18H34O4/c1-4-7-9-10-11-12-13-14-15-16-17-18-19-20-22-26-24(25)23(6-3)21-8-5-2;1-5-9-11-15(7-3)17(19)21-13-14-22-18(20)16(8-4)12-10-6-2/h23H,4-22H2,1-3H3;15-16H,5-14H2,1-4H3. The van der Waals surface area contributed by atoms with Gasteiger partial charge in [-0.25, -0.2) is 0 Å². The Hall–Kier alpha value is -1.59. The van der Waals surface area contributed by atoms with Crippen LogP contribution in [0.4, 0.5) is 0 Å². The number of ether oxygens (including phenoxy) is 3. The Morgan fingerprint density at radius 3 is 0.854 bits per heavy atom. The van der Waals surface area contributed by atoms with E-state index >= 15 is 0 Å². The van der Waals surface area contributed by atoms with Gasteiger partial charge in [0.2, 0.25) is 0 Å². The third-order valence-corrected chi connectivity index (χ3v) is 9.51. The predicted molar refractivity (Wildman–Crippen MR) is 203 cm³/mol. The van der Waals surface area contributed by atoms with E-state index < -0.39 is 0 Å². The fourth-order valence-corrected chi connectivity index (χ4v) is 5.92. The maximum absolute atomic E-state index is 12.0. The van der Waals surface area contributed by atoms with Crippen molar-refractivity contribution in [2.45, 2.75) is 215 Å². The number of rotatable bonds is 33. The molecule has 6 heteroatoms. The van der Waals surface area contributed by atoms with Crippen LogP contribution in [0.25, 0.3) is 0 Å². The summed E-state index contributed by atoms with van der Waals surface area (Å²) in [6.07, 6.45) is 30.8. The highest BCUT2D eigenvalue weighted by Crippen LogP contribution is 2.17. The average molecular weight is 683 g/mol. The zero-order valence-corrected chi connectivity index (χ0v) is 33.2. The Bertz CT molecular complexity index is 678. The largest absolute Gasteiger partial charge is 0.465 e. The van der Waals surface area contributed by atoms with Crippen LogP contribution in [-0.4, -0.2) is 37.7 Å². The van der Waals surface area contributed by atoms with Gasteiger partial charge < -0.3 is 14.2 Å². The van der Waals surface area contributed by atoms with Crippen LogP contribution in [0.3, 0.4) is 0 Å². The summed E-state index contributed by atoms with van der Waals surface area (Å²) in [5.74, 6) is -0.209. The molecule has 0 aromatic rings. The smallest absolute Gasteiger partial charge is 0.309 e. The van der Waals surface area contributed by atoms with Crippen LogP contribution in [0.2, 0.25) is 0 Å². The van der Waals surface area contributed by atoms with Crippen molar-refractivity contribution in [3.63, 3.8) is 0 Å². The highest BCUT2D eigenvalue weighted by molar-refractivity contribution is 5.73. The molecule has 0 N–H and O–H groups in total. The van der Waals surface area contributed by atoms with Crippen molar-refractivity contribution in [3.8, 4) is 0 Å². The zero-order chi connectivity index (χ0) is 36.1. The van der Waals surface area contributed by atoms with Gasteiger partial charge in [0.25, 0.3) is 0 Å². The predicted octanol–water partition coefficient (Wildman–Crippen LogP) is 12.7. The van der Waals surface area contributed by atoms with E-state index in [0.717, 1.165) is 83.5 Å². The molecule has 0 radical (unpaired) electrons. The van der Waals surface area contributed by atoms with E-state index in [4.69, 9.17) is 14.2 Å². The molecule has 0 bridgehead atoms. The van der Waals surface area contributed by atoms with E-state index in [2.05, 4.69) is 34.6 Å². The number of hydrogen-bond acceptors (Lipinski definition) is 6. The monoisotopic (exact) mass is 683 g/mol. The second-order valence-electron chi connectivity index (χ2n) is 13.8. The summed E-state index contributed by atoms with van der Waals surface area (Å²) >= 11 is 0. The van der Waals surface area contributed by atoms with Gasteiger partial charge in [-0.3, -0.25) is 14.4 Å². The number of carbonyl (C=O) groups is 3. The Morgan fingerprint density at radius 2 is 0.583 bits per heavy atom. The quantitative estimate of drug-likeness (QED) is 0.0389. The third-order valence-electron chi connectivity index (χ3n) is 9.51. The maximum Gasteiger partial charge on any atom is 0.309 e. The zero-order valence-electron chi connectivity index (χ0n) is 33.2. The summed E-state index contributed by atoms with van der Waals surface area (Å²) in [6.45, 7) is 15.7. The Balaban J connectivity index is 0. The van der Waals surface area contributed by atoms with Crippen molar-refractivity contribution in [3.05, 3.63) is 0 Å².